The van der Waals surface area contributed by atoms with Gasteiger partial charge in [0.2, 0.25) is 0 Å². The zero-order chi connectivity index (χ0) is 20.4. The van der Waals surface area contributed by atoms with E-state index in [-0.39, 0.29) is 31.5 Å². The lowest BCUT2D eigenvalue weighted by Crippen LogP contribution is -2.50. The number of esters is 2. The van der Waals surface area contributed by atoms with Gasteiger partial charge in [0.25, 0.3) is 0 Å². The number of carbonyl (C=O) groups is 2. The molecule has 1 aliphatic heterocycles. The van der Waals surface area contributed by atoms with Crippen LogP contribution in [-0.4, -0.2) is 66.7 Å². The molecule has 0 radical (unpaired) electrons. The molecule has 1 saturated heterocycles. The Morgan fingerprint density at radius 1 is 1.19 bits per heavy atom. The molecular weight excluding hydrogens is 490 g/mol. The maximum Gasteiger partial charge on any atom is 0.343 e. The topological polar surface area (TPSA) is 112 Å². The van der Waals surface area contributed by atoms with E-state index in [1.807, 2.05) is 0 Å². The van der Waals surface area contributed by atoms with Crippen LogP contribution in [0, 0.1) is 0 Å². The van der Waals surface area contributed by atoms with Gasteiger partial charge in [0.15, 0.2) is 6.29 Å². The van der Waals surface area contributed by atoms with Crippen molar-refractivity contribution < 1.29 is 32.9 Å². The minimum atomic E-state index is -3.51. The quantitative estimate of drug-likeness (QED) is 0.244. The highest BCUT2D eigenvalue weighted by Gasteiger charge is 2.43. The van der Waals surface area contributed by atoms with Gasteiger partial charge in [-0.2, -0.15) is 0 Å². The zero-order valence-electron chi connectivity index (χ0n) is 15.0. The van der Waals surface area contributed by atoms with Gasteiger partial charge in [0.05, 0.1) is 4.83 Å². The van der Waals surface area contributed by atoms with Crippen LogP contribution in [0.2, 0.25) is 0 Å². The summed E-state index contributed by atoms with van der Waals surface area (Å²) in [5.41, 5.74) is 0. The van der Waals surface area contributed by atoms with E-state index in [0.29, 0.717) is 6.42 Å². The molecule has 158 valence electrons. The lowest BCUT2D eigenvalue weighted by Gasteiger charge is -2.39. The largest absolute Gasteiger partial charge is 0.463 e. The fourth-order valence-electron chi connectivity index (χ4n) is 2.26. The Morgan fingerprint density at radius 2 is 1.78 bits per heavy atom. The lowest BCUT2D eigenvalue weighted by molar-refractivity contribution is -0.209. The van der Waals surface area contributed by atoms with Gasteiger partial charge >= 0.3 is 19.6 Å². The SMILES string of the molecule is CC(=O)OC[C@H]1O[C@@H](OP(=O)(NCCCl)NCCCl)[C@H](Br)C[C@@H]1OC(C)=O. The first-order valence-electron chi connectivity index (χ1n) is 8.21. The fourth-order valence-corrected chi connectivity index (χ4v) is 5.04. The standard InChI is InChI=1S/C14H24BrCl2N2O7P/c1-9(20)23-8-13-12(24-10(2)21)7-11(15)14(25-13)26-27(22,18-5-3-16)19-6-4-17/h11-14H,3-8H2,1-2H3,(H2,18,19,22)/t11-,12+,13-,14+/m1/s1. The van der Waals surface area contributed by atoms with E-state index in [2.05, 4.69) is 26.1 Å². The van der Waals surface area contributed by atoms with Gasteiger partial charge in [0.1, 0.15) is 18.8 Å². The van der Waals surface area contributed by atoms with Gasteiger partial charge in [-0.05, 0) is 0 Å². The predicted molar refractivity (Wildman–Crippen MR) is 104 cm³/mol. The van der Waals surface area contributed by atoms with Crippen molar-refractivity contribution in [2.24, 2.45) is 0 Å². The van der Waals surface area contributed by atoms with Crippen molar-refractivity contribution >= 4 is 58.7 Å². The van der Waals surface area contributed by atoms with Crippen LogP contribution in [0.25, 0.3) is 0 Å². The first kappa shape index (κ1) is 25.1. The molecule has 1 heterocycles. The monoisotopic (exact) mass is 512 g/mol. The molecule has 1 rings (SSSR count). The highest BCUT2D eigenvalue weighted by atomic mass is 79.9. The van der Waals surface area contributed by atoms with Crippen molar-refractivity contribution in [3.05, 3.63) is 0 Å². The summed E-state index contributed by atoms with van der Waals surface area (Å²) >= 11 is 14.7. The van der Waals surface area contributed by atoms with Crippen molar-refractivity contribution in [1.29, 1.82) is 0 Å². The molecule has 27 heavy (non-hydrogen) atoms. The minimum absolute atomic E-state index is 0.138. The molecule has 1 fully saturated rings. The van der Waals surface area contributed by atoms with Gasteiger partial charge in [-0.3, -0.25) is 18.7 Å². The Bertz CT molecular complexity index is 534. The highest BCUT2D eigenvalue weighted by molar-refractivity contribution is 9.09. The Morgan fingerprint density at radius 3 is 2.26 bits per heavy atom. The van der Waals surface area contributed by atoms with Crippen LogP contribution in [-0.2, 0) is 32.9 Å². The fraction of sp³-hybridized carbons (Fsp3) is 0.857. The Labute approximate surface area is 176 Å². The molecule has 0 aromatic carbocycles. The Kier molecular flexibility index (Phi) is 11.7. The van der Waals surface area contributed by atoms with Gasteiger partial charge in [-0.15, -0.1) is 23.2 Å². The summed E-state index contributed by atoms with van der Waals surface area (Å²) in [6.07, 6.45) is -2.08. The number of rotatable bonds is 11. The number of halogens is 3. The zero-order valence-corrected chi connectivity index (χ0v) is 19.0. The van der Waals surface area contributed by atoms with Crippen LogP contribution >= 0.6 is 46.8 Å². The smallest absolute Gasteiger partial charge is 0.343 e. The average molecular weight is 514 g/mol. The van der Waals surface area contributed by atoms with Gasteiger partial charge in [0, 0.05) is 45.1 Å². The van der Waals surface area contributed by atoms with Gasteiger partial charge < -0.3 is 14.2 Å². The summed E-state index contributed by atoms with van der Waals surface area (Å²) in [6, 6.07) is 0. The average Bonchev–Trinajstić information content (AvgIpc) is 2.59. The summed E-state index contributed by atoms with van der Waals surface area (Å²) in [4.78, 5) is 22.0. The highest BCUT2D eigenvalue weighted by Crippen LogP contribution is 2.43. The predicted octanol–water partition coefficient (Wildman–Crippen LogP) is 2.14. The van der Waals surface area contributed by atoms with E-state index >= 15 is 0 Å². The molecule has 0 aromatic rings. The van der Waals surface area contributed by atoms with E-state index < -0.39 is 42.9 Å². The second-order valence-corrected chi connectivity index (χ2v) is 9.47. The third-order valence-corrected chi connectivity index (χ3v) is 6.29. The number of carbonyl (C=O) groups excluding carboxylic acids is 2. The summed E-state index contributed by atoms with van der Waals surface area (Å²) in [5, 5.41) is 5.43. The van der Waals surface area contributed by atoms with E-state index in [0.717, 1.165) is 0 Å². The summed E-state index contributed by atoms with van der Waals surface area (Å²) < 4.78 is 34.6. The first-order chi connectivity index (χ1) is 12.7. The van der Waals surface area contributed by atoms with Crippen LogP contribution in [0.4, 0.5) is 0 Å². The Hall–Kier alpha value is 0.0700. The second kappa shape index (κ2) is 12.6. The van der Waals surface area contributed by atoms with E-state index in [4.69, 9.17) is 41.9 Å². The minimum Gasteiger partial charge on any atom is -0.463 e. The van der Waals surface area contributed by atoms with Crippen LogP contribution in [0.3, 0.4) is 0 Å². The molecule has 2 N–H and O–H groups in total. The number of hydrogen-bond donors (Lipinski definition) is 2. The molecule has 0 aromatic heterocycles. The molecule has 13 heteroatoms. The number of hydrogen-bond acceptors (Lipinski definition) is 7. The third kappa shape index (κ3) is 9.41. The molecule has 0 bridgehead atoms. The molecule has 0 amide bonds. The number of ether oxygens (including phenoxy) is 3. The van der Waals surface area contributed by atoms with Crippen LogP contribution in [0.5, 0.6) is 0 Å². The molecule has 1 aliphatic rings. The number of alkyl halides is 3. The second-order valence-electron chi connectivity index (χ2n) is 5.60. The van der Waals surface area contributed by atoms with Crippen LogP contribution in [0.1, 0.15) is 20.3 Å². The maximum atomic E-state index is 12.9. The third-order valence-electron chi connectivity index (χ3n) is 3.33. The summed E-state index contributed by atoms with van der Waals surface area (Å²) in [7, 11) is -3.51. The van der Waals surface area contributed by atoms with Crippen molar-refractivity contribution in [1.82, 2.24) is 10.2 Å². The molecule has 0 spiro atoms. The van der Waals surface area contributed by atoms with Crippen molar-refractivity contribution in [2.75, 3.05) is 31.5 Å². The van der Waals surface area contributed by atoms with E-state index in [9.17, 15) is 14.2 Å². The van der Waals surface area contributed by atoms with E-state index in [1.165, 1.54) is 13.8 Å². The Balaban J connectivity index is 2.86. The van der Waals surface area contributed by atoms with Gasteiger partial charge in [-0.25, -0.2) is 10.2 Å². The van der Waals surface area contributed by atoms with Crippen LogP contribution < -0.4 is 10.2 Å². The van der Waals surface area contributed by atoms with E-state index in [1.54, 1.807) is 0 Å². The van der Waals surface area contributed by atoms with Crippen molar-refractivity contribution in [3.63, 3.8) is 0 Å². The lowest BCUT2D eigenvalue weighted by atomic mass is 10.1. The molecule has 9 nitrogen and oxygen atoms in total. The molecular formula is C14H24BrCl2N2O7P. The van der Waals surface area contributed by atoms with Crippen molar-refractivity contribution in [3.8, 4) is 0 Å². The molecule has 0 unspecified atom stereocenters. The number of nitrogens with one attached hydrogen (secondary N) is 2. The summed E-state index contributed by atoms with van der Waals surface area (Å²) in [6.45, 7) is 2.86. The maximum absolute atomic E-state index is 12.9. The van der Waals surface area contributed by atoms with Crippen molar-refractivity contribution in [2.45, 2.75) is 43.6 Å². The molecule has 4 atom stereocenters. The normalized spacial score (nSPS) is 25.8. The van der Waals surface area contributed by atoms with Crippen LogP contribution in [0.15, 0.2) is 0 Å². The summed E-state index contributed by atoms with van der Waals surface area (Å²) in [5.74, 6) is -0.545. The first-order valence-corrected chi connectivity index (χ1v) is 11.8. The van der Waals surface area contributed by atoms with Gasteiger partial charge in [-0.1, -0.05) is 15.9 Å². The molecule has 0 aliphatic carbocycles. The molecule has 0 saturated carbocycles.